The topological polar surface area (TPSA) is 65.2 Å². The van der Waals surface area contributed by atoms with E-state index in [9.17, 15) is 4.79 Å². The Bertz CT molecular complexity index is 659. The number of carbonyl (C=O) groups is 1. The second kappa shape index (κ2) is 7.21. The third-order valence-electron chi connectivity index (χ3n) is 5.12. The molecule has 1 unspecified atom stereocenters. The predicted molar refractivity (Wildman–Crippen MR) is 87.3 cm³/mol. The summed E-state index contributed by atoms with van der Waals surface area (Å²) in [5.74, 6) is 0.951. The molecule has 0 aliphatic heterocycles. The van der Waals surface area contributed by atoms with Crippen molar-refractivity contribution in [1.82, 2.24) is 10.3 Å². The Morgan fingerprint density at radius 1 is 1.26 bits per heavy atom. The van der Waals surface area contributed by atoms with Gasteiger partial charge in [-0.1, -0.05) is 6.92 Å². The summed E-state index contributed by atoms with van der Waals surface area (Å²) in [7, 11) is 1.80. The molecular formula is C18H24N2O3. The smallest absolute Gasteiger partial charge is 0.165 e. The molecule has 5 heteroatoms. The highest BCUT2D eigenvalue weighted by Crippen LogP contribution is 2.30. The number of benzene rings is 1. The van der Waals surface area contributed by atoms with Gasteiger partial charge in [-0.15, -0.1) is 0 Å². The first-order valence-corrected chi connectivity index (χ1v) is 8.46. The predicted octanol–water partition coefficient (Wildman–Crippen LogP) is 4.03. The molecule has 1 fully saturated rings. The van der Waals surface area contributed by atoms with Gasteiger partial charge in [0.2, 0.25) is 0 Å². The van der Waals surface area contributed by atoms with Gasteiger partial charge in [0.25, 0.3) is 0 Å². The summed E-state index contributed by atoms with van der Waals surface area (Å²) in [4.78, 5) is 12.6. The summed E-state index contributed by atoms with van der Waals surface area (Å²) in [6.45, 7) is 2.02. The molecule has 2 aromatic rings. The van der Waals surface area contributed by atoms with E-state index in [4.69, 9.17) is 4.74 Å². The molecule has 5 nitrogen and oxygen atoms in total. The Kier molecular flexibility index (Phi) is 5.06. The van der Waals surface area contributed by atoms with Gasteiger partial charge in [-0.3, -0.25) is 4.79 Å². The van der Waals surface area contributed by atoms with Gasteiger partial charge in [-0.2, -0.15) is 0 Å². The SMILES string of the molecule is COC1CCC(CCC(C)C(=O)c2ccc3nonc3c2)CC1. The maximum atomic E-state index is 12.6. The summed E-state index contributed by atoms with van der Waals surface area (Å²) in [5.41, 5.74) is 2.02. The lowest BCUT2D eigenvalue weighted by atomic mass is 9.82. The molecule has 1 aliphatic rings. The van der Waals surface area contributed by atoms with Gasteiger partial charge in [-0.05, 0) is 73.0 Å². The van der Waals surface area contributed by atoms with E-state index in [1.165, 1.54) is 12.8 Å². The van der Waals surface area contributed by atoms with Crippen LogP contribution in [0.5, 0.6) is 0 Å². The van der Waals surface area contributed by atoms with Crippen molar-refractivity contribution in [2.24, 2.45) is 11.8 Å². The van der Waals surface area contributed by atoms with Crippen molar-refractivity contribution in [1.29, 1.82) is 0 Å². The van der Waals surface area contributed by atoms with E-state index in [2.05, 4.69) is 14.9 Å². The molecule has 1 aliphatic carbocycles. The Hall–Kier alpha value is -1.75. The van der Waals surface area contributed by atoms with Crippen LogP contribution in [-0.2, 0) is 4.74 Å². The third-order valence-corrected chi connectivity index (χ3v) is 5.12. The molecule has 1 aromatic carbocycles. The summed E-state index contributed by atoms with van der Waals surface area (Å²) in [5, 5.41) is 7.57. The summed E-state index contributed by atoms with van der Waals surface area (Å²) < 4.78 is 10.1. The van der Waals surface area contributed by atoms with Crippen molar-refractivity contribution in [2.75, 3.05) is 7.11 Å². The van der Waals surface area contributed by atoms with E-state index >= 15 is 0 Å². The van der Waals surface area contributed by atoms with E-state index in [-0.39, 0.29) is 11.7 Å². The fourth-order valence-corrected chi connectivity index (χ4v) is 3.49. The van der Waals surface area contributed by atoms with E-state index in [1.807, 2.05) is 13.0 Å². The van der Waals surface area contributed by atoms with E-state index in [1.54, 1.807) is 19.2 Å². The average Bonchev–Trinajstić information content (AvgIpc) is 3.07. The lowest BCUT2D eigenvalue weighted by Gasteiger charge is -2.28. The van der Waals surface area contributed by atoms with Crippen molar-refractivity contribution >= 4 is 16.8 Å². The molecule has 1 atom stereocenters. The van der Waals surface area contributed by atoms with Gasteiger partial charge in [-0.25, -0.2) is 4.63 Å². The van der Waals surface area contributed by atoms with Crippen LogP contribution in [-0.4, -0.2) is 29.3 Å². The molecule has 23 heavy (non-hydrogen) atoms. The van der Waals surface area contributed by atoms with Crippen LogP contribution >= 0.6 is 0 Å². The van der Waals surface area contributed by atoms with Gasteiger partial charge >= 0.3 is 0 Å². The number of carbonyl (C=O) groups excluding carboxylic acids is 1. The van der Waals surface area contributed by atoms with Gasteiger partial charge in [0.15, 0.2) is 5.78 Å². The van der Waals surface area contributed by atoms with Crippen LogP contribution in [0.1, 0.15) is 55.8 Å². The first-order valence-electron chi connectivity index (χ1n) is 8.46. The Morgan fingerprint density at radius 2 is 2.00 bits per heavy atom. The zero-order valence-corrected chi connectivity index (χ0v) is 13.8. The number of Topliss-reactive ketones (excluding diaryl/α,β-unsaturated/α-hetero) is 1. The fraction of sp³-hybridized carbons (Fsp3) is 0.611. The largest absolute Gasteiger partial charge is 0.381 e. The van der Waals surface area contributed by atoms with Gasteiger partial charge in [0, 0.05) is 18.6 Å². The number of fused-ring (bicyclic) bond motifs is 1. The Balaban J connectivity index is 1.53. The van der Waals surface area contributed by atoms with Crippen LogP contribution in [0.15, 0.2) is 22.8 Å². The maximum Gasteiger partial charge on any atom is 0.165 e. The molecule has 1 saturated carbocycles. The zero-order valence-electron chi connectivity index (χ0n) is 13.8. The number of ketones is 1. The molecule has 0 N–H and O–H groups in total. The van der Waals surface area contributed by atoms with Crippen molar-refractivity contribution in [3.63, 3.8) is 0 Å². The number of nitrogens with zero attached hydrogens (tertiary/aromatic N) is 2. The fourth-order valence-electron chi connectivity index (χ4n) is 3.49. The first-order chi connectivity index (χ1) is 11.2. The highest BCUT2D eigenvalue weighted by Gasteiger charge is 2.23. The number of hydrogen-bond acceptors (Lipinski definition) is 5. The van der Waals surface area contributed by atoms with Crippen LogP contribution < -0.4 is 0 Å². The van der Waals surface area contributed by atoms with Crippen LogP contribution in [0.25, 0.3) is 11.0 Å². The van der Waals surface area contributed by atoms with Crippen LogP contribution in [0.4, 0.5) is 0 Å². The first kappa shape index (κ1) is 16.1. The van der Waals surface area contributed by atoms with Crippen molar-refractivity contribution < 1.29 is 14.2 Å². The van der Waals surface area contributed by atoms with Crippen molar-refractivity contribution in [3.8, 4) is 0 Å². The van der Waals surface area contributed by atoms with Crippen molar-refractivity contribution in [3.05, 3.63) is 23.8 Å². The second-order valence-electron chi connectivity index (χ2n) is 6.69. The molecular weight excluding hydrogens is 292 g/mol. The summed E-state index contributed by atoms with van der Waals surface area (Å²) >= 11 is 0. The molecule has 0 radical (unpaired) electrons. The average molecular weight is 316 g/mol. The quantitative estimate of drug-likeness (QED) is 0.753. The van der Waals surface area contributed by atoms with Gasteiger partial charge in [0.1, 0.15) is 11.0 Å². The molecule has 1 heterocycles. The number of ether oxygens (including phenoxy) is 1. The molecule has 124 valence electrons. The maximum absolute atomic E-state index is 12.6. The monoisotopic (exact) mass is 316 g/mol. The Morgan fingerprint density at radius 3 is 2.74 bits per heavy atom. The molecule has 0 saturated heterocycles. The molecule has 3 rings (SSSR count). The number of hydrogen-bond donors (Lipinski definition) is 0. The number of rotatable bonds is 6. The Labute approximate surface area is 136 Å². The van der Waals surface area contributed by atoms with Crippen LogP contribution in [0.3, 0.4) is 0 Å². The summed E-state index contributed by atoms with van der Waals surface area (Å²) in [6, 6.07) is 5.38. The van der Waals surface area contributed by atoms with Gasteiger partial charge < -0.3 is 4.74 Å². The molecule has 0 amide bonds. The van der Waals surface area contributed by atoms with Gasteiger partial charge in [0.05, 0.1) is 6.10 Å². The van der Waals surface area contributed by atoms with E-state index in [0.717, 1.165) is 31.6 Å². The third kappa shape index (κ3) is 3.78. The zero-order chi connectivity index (χ0) is 16.2. The number of methoxy groups -OCH3 is 1. The minimum atomic E-state index is 0.0347. The van der Waals surface area contributed by atoms with E-state index < -0.39 is 0 Å². The lowest BCUT2D eigenvalue weighted by molar-refractivity contribution is 0.0543. The van der Waals surface area contributed by atoms with Crippen LogP contribution in [0.2, 0.25) is 0 Å². The van der Waals surface area contributed by atoms with Crippen molar-refractivity contribution in [2.45, 2.75) is 51.6 Å². The minimum Gasteiger partial charge on any atom is -0.381 e. The summed E-state index contributed by atoms with van der Waals surface area (Å²) in [6.07, 6.45) is 7.24. The van der Waals surface area contributed by atoms with E-state index in [0.29, 0.717) is 22.7 Å². The highest BCUT2D eigenvalue weighted by molar-refractivity contribution is 6.00. The second-order valence-corrected chi connectivity index (χ2v) is 6.69. The molecule has 1 aromatic heterocycles. The minimum absolute atomic E-state index is 0.0347. The number of aromatic nitrogens is 2. The molecule has 0 spiro atoms. The highest BCUT2D eigenvalue weighted by atomic mass is 16.6. The normalized spacial score (nSPS) is 23.0. The standard InChI is InChI=1S/C18H24N2O3/c1-12(3-4-13-5-8-15(22-2)9-6-13)18(21)14-7-10-16-17(11-14)20-23-19-16/h7,10-13,15H,3-6,8-9H2,1-2H3. The van der Waals surface area contributed by atoms with Crippen LogP contribution in [0, 0.1) is 11.8 Å². The lowest BCUT2D eigenvalue weighted by Crippen LogP contribution is -2.21. The molecule has 0 bridgehead atoms.